The fraction of sp³-hybridized carbons (Fsp3) is 0.350. The van der Waals surface area contributed by atoms with E-state index in [1.807, 2.05) is 6.21 Å². The van der Waals surface area contributed by atoms with Crippen LogP contribution >= 0.6 is 11.3 Å². The predicted octanol–water partition coefficient (Wildman–Crippen LogP) is 4.50. The van der Waals surface area contributed by atoms with Gasteiger partial charge in [0.2, 0.25) is 0 Å². The van der Waals surface area contributed by atoms with Gasteiger partial charge in [-0.15, -0.1) is 11.3 Å². The van der Waals surface area contributed by atoms with Crippen LogP contribution in [0.25, 0.3) is 10.2 Å². The number of anilines is 1. The Balaban J connectivity index is 1.75. The van der Waals surface area contributed by atoms with Crippen molar-refractivity contribution in [2.75, 3.05) is 19.5 Å². The molecule has 3 aromatic rings. The molecular weight excluding hydrogens is 342 g/mol. The zero-order chi connectivity index (χ0) is 18.7. The summed E-state index contributed by atoms with van der Waals surface area (Å²) in [5.41, 5.74) is 5.49. The lowest BCUT2D eigenvalue weighted by molar-refractivity contribution is 0.402. The van der Waals surface area contributed by atoms with Gasteiger partial charge in [0.05, 0.1) is 11.6 Å². The van der Waals surface area contributed by atoms with E-state index in [1.165, 1.54) is 10.4 Å². The summed E-state index contributed by atoms with van der Waals surface area (Å²) >= 11 is 1.71. The molecule has 0 saturated carbocycles. The van der Waals surface area contributed by atoms with Gasteiger partial charge in [0.25, 0.3) is 0 Å². The summed E-state index contributed by atoms with van der Waals surface area (Å²) in [6, 6.07) is 10.6. The molecule has 0 amide bonds. The number of nitrogens with zero attached hydrogens (tertiary/aromatic N) is 4. The molecule has 0 radical (unpaired) electrons. The van der Waals surface area contributed by atoms with E-state index in [9.17, 15) is 0 Å². The van der Waals surface area contributed by atoms with Crippen molar-refractivity contribution in [3.63, 3.8) is 0 Å². The van der Waals surface area contributed by atoms with Crippen LogP contribution < -0.4 is 5.43 Å². The zero-order valence-electron chi connectivity index (χ0n) is 15.9. The highest BCUT2D eigenvalue weighted by molar-refractivity contribution is 7.18. The summed E-state index contributed by atoms with van der Waals surface area (Å²) < 4.78 is 0. The number of hydrogen-bond acceptors (Lipinski definition) is 6. The third-order valence-electron chi connectivity index (χ3n) is 3.93. The Morgan fingerprint density at radius 3 is 2.54 bits per heavy atom. The Hall–Kier alpha value is -2.31. The van der Waals surface area contributed by atoms with Crippen molar-refractivity contribution >= 4 is 33.6 Å². The molecule has 136 valence electrons. The topological polar surface area (TPSA) is 53.4 Å². The Morgan fingerprint density at radius 1 is 1.15 bits per heavy atom. The van der Waals surface area contributed by atoms with E-state index in [-0.39, 0.29) is 5.41 Å². The number of nitrogens with one attached hydrogen (secondary N) is 1. The van der Waals surface area contributed by atoms with Crippen molar-refractivity contribution in [2.45, 2.75) is 32.7 Å². The maximum Gasteiger partial charge on any atom is 0.158 e. The van der Waals surface area contributed by atoms with Gasteiger partial charge < -0.3 is 4.90 Å². The second kappa shape index (κ2) is 7.51. The minimum Gasteiger partial charge on any atom is -0.305 e. The van der Waals surface area contributed by atoms with E-state index >= 15 is 0 Å². The molecule has 0 fully saturated rings. The van der Waals surface area contributed by atoms with E-state index in [4.69, 9.17) is 0 Å². The SMILES string of the molecule is CN(C)Cc1ccc(/C=N/Nc2ncnc3sc(C(C)(C)C)cc23)cc1. The average molecular weight is 368 g/mol. The van der Waals surface area contributed by atoms with Crippen molar-refractivity contribution in [2.24, 2.45) is 5.10 Å². The first kappa shape index (κ1) is 18.5. The van der Waals surface area contributed by atoms with Crippen LogP contribution in [0, 0.1) is 0 Å². The lowest BCUT2D eigenvalue weighted by Crippen LogP contribution is -2.10. The van der Waals surface area contributed by atoms with Crippen LogP contribution in [0.1, 0.15) is 36.8 Å². The van der Waals surface area contributed by atoms with Gasteiger partial charge in [-0.1, -0.05) is 45.0 Å². The van der Waals surface area contributed by atoms with Crippen LogP contribution in [0.2, 0.25) is 0 Å². The number of fused-ring (bicyclic) bond motifs is 1. The highest BCUT2D eigenvalue weighted by Crippen LogP contribution is 2.35. The minimum atomic E-state index is 0.0974. The molecule has 0 bridgehead atoms. The first-order chi connectivity index (χ1) is 12.3. The van der Waals surface area contributed by atoms with Crippen LogP contribution in [-0.2, 0) is 12.0 Å². The third-order valence-corrected chi connectivity index (χ3v) is 5.40. The number of hydrazone groups is 1. The summed E-state index contributed by atoms with van der Waals surface area (Å²) in [7, 11) is 4.13. The molecule has 0 aliphatic carbocycles. The number of benzene rings is 1. The monoisotopic (exact) mass is 367 g/mol. The molecule has 3 rings (SSSR count). The molecule has 0 aliphatic rings. The smallest absolute Gasteiger partial charge is 0.158 e. The fourth-order valence-corrected chi connectivity index (χ4v) is 3.61. The lowest BCUT2D eigenvalue weighted by atomic mass is 9.94. The first-order valence-electron chi connectivity index (χ1n) is 8.61. The fourth-order valence-electron chi connectivity index (χ4n) is 2.56. The van der Waals surface area contributed by atoms with Crippen LogP contribution in [0.15, 0.2) is 41.8 Å². The predicted molar refractivity (Wildman–Crippen MR) is 111 cm³/mol. The van der Waals surface area contributed by atoms with Crippen molar-refractivity contribution in [3.8, 4) is 0 Å². The van der Waals surface area contributed by atoms with E-state index < -0.39 is 0 Å². The van der Waals surface area contributed by atoms with Crippen molar-refractivity contribution < 1.29 is 0 Å². The second-order valence-electron chi connectivity index (χ2n) is 7.65. The van der Waals surface area contributed by atoms with Crippen LogP contribution in [-0.4, -0.2) is 35.2 Å². The van der Waals surface area contributed by atoms with E-state index in [1.54, 1.807) is 17.7 Å². The van der Waals surface area contributed by atoms with Gasteiger partial charge in [0.1, 0.15) is 11.2 Å². The molecule has 2 aromatic heterocycles. The summed E-state index contributed by atoms with van der Waals surface area (Å²) in [4.78, 5) is 13.2. The Kier molecular flexibility index (Phi) is 5.34. The Bertz CT molecular complexity index is 904. The zero-order valence-corrected chi connectivity index (χ0v) is 16.8. The maximum atomic E-state index is 4.39. The molecule has 0 spiro atoms. The summed E-state index contributed by atoms with van der Waals surface area (Å²) in [5, 5.41) is 5.37. The Morgan fingerprint density at radius 2 is 1.88 bits per heavy atom. The van der Waals surface area contributed by atoms with Gasteiger partial charge in [-0.05, 0) is 36.7 Å². The van der Waals surface area contributed by atoms with Gasteiger partial charge in [0, 0.05) is 11.4 Å². The standard InChI is InChI=1S/C20H25N5S/c1-20(2,3)17-10-16-18(21-13-22-19(16)26-17)24-23-11-14-6-8-15(9-7-14)12-25(4)5/h6-11,13H,12H2,1-5H3,(H,21,22,24)/b23-11+. The Labute approximate surface area is 158 Å². The number of rotatable bonds is 5. The molecule has 5 nitrogen and oxygen atoms in total. The molecule has 0 atom stereocenters. The van der Waals surface area contributed by atoms with Gasteiger partial charge >= 0.3 is 0 Å². The van der Waals surface area contributed by atoms with Gasteiger partial charge in [0.15, 0.2) is 5.82 Å². The van der Waals surface area contributed by atoms with E-state index in [2.05, 4.69) is 90.6 Å². The highest BCUT2D eigenvalue weighted by Gasteiger charge is 2.18. The van der Waals surface area contributed by atoms with E-state index in [0.29, 0.717) is 0 Å². The van der Waals surface area contributed by atoms with E-state index in [0.717, 1.165) is 28.1 Å². The number of thiophene rings is 1. The lowest BCUT2D eigenvalue weighted by Gasteiger charge is -2.14. The molecular formula is C20H25N5S. The molecule has 26 heavy (non-hydrogen) atoms. The third kappa shape index (κ3) is 4.45. The van der Waals surface area contributed by atoms with Crippen LogP contribution in [0.3, 0.4) is 0 Å². The number of aromatic nitrogens is 2. The van der Waals surface area contributed by atoms with Gasteiger partial charge in [-0.3, -0.25) is 5.43 Å². The summed E-state index contributed by atoms with van der Waals surface area (Å²) in [5.74, 6) is 0.738. The minimum absolute atomic E-state index is 0.0974. The quantitative estimate of drug-likeness (QED) is 0.533. The largest absolute Gasteiger partial charge is 0.305 e. The maximum absolute atomic E-state index is 4.39. The van der Waals surface area contributed by atoms with Crippen LogP contribution in [0.5, 0.6) is 0 Å². The summed E-state index contributed by atoms with van der Waals surface area (Å²) in [6.07, 6.45) is 3.39. The molecule has 0 aliphatic heterocycles. The van der Waals surface area contributed by atoms with Crippen LogP contribution in [0.4, 0.5) is 5.82 Å². The highest BCUT2D eigenvalue weighted by atomic mass is 32.1. The number of hydrogen-bond donors (Lipinski definition) is 1. The second-order valence-corrected chi connectivity index (χ2v) is 8.68. The first-order valence-corrected chi connectivity index (χ1v) is 9.42. The molecule has 2 heterocycles. The summed E-state index contributed by atoms with van der Waals surface area (Å²) in [6.45, 7) is 7.55. The average Bonchev–Trinajstić information content (AvgIpc) is 3.01. The van der Waals surface area contributed by atoms with Gasteiger partial charge in [-0.25, -0.2) is 9.97 Å². The van der Waals surface area contributed by atoms with Crippen molar-refractivity contribution in [1.82, 2.24) is 14.9 Å². The molecule has 1 aromatic carbocycles. The van der Waals surface area contributed by atoms with Crippen molar-refractivity contribution in [1.29, 1.82) is 0 Å². The van der Waals surface area contributed by atoms with Gasteiger partial charge in [-0.2, -0.15) is 5.10 Å². The molecule has 0 saturated heterocycles. The molecule has 6 heteroatoms. The normalized spacial score (nSPS) is 12.4. The van der Waals surface area contributed by atoms with Crippen molar-refractivity contribution in [3.05, 3.63) is 52.7 Å². The molecule has 1 N–H and O–H groups in total. The molecule has 0 unspecified atom stereocenters.